The first-order valence-corrected chi connectivity index (χ1v) is 12.0. The van der Waals surface area contributed by atoms with Gasteiger partial charge >= 0.3 is 5.97 Å². The lowest BCUT2D eigenvalue weighted by atomic mass is 9.87. The molecule has 0 saturated carbocycles. The maximum Gasteiger partial charge on any atom is 0.321 e. The largest absolute Gasteiger partial charge is 0.480 e. The highest BCUT2D eigenvalue weighted by atomic mass is 16.7. The van der Waals surface area contributed by atoms with Crippen molar-refractivity contribution in [3.8, 4) is 22.9 Å². The van der Waals surface area contributed by atoms with E-state index in [1.165, 1.54) is 0 Å². The first-order valence-electron chi connectivity index (χ1n) is 12.0. The molecule has 0 spiro atoms. The minimum atomic E-state index is -0.875. The van der Waals surface area contributed by atoms with Crippen molar-refractivity contribution < 1.29 is 19.4 Å². The third kappa shape index (κ3) is 3.53. The van der Waals surface area contributed by atoms with Gasteiger partial charge in [0.05, 0.1) is 6.04 Å². The van der Waals surface area contributed by atoms with Crippen LogP contribution in [0.5, 0.6) is 11.5 Å². The number of carbonyl (C=O) groups is 1. The van der Waals surface area contributed by atoms with Crippen LogP contribution in [0, 0.1) is 0 Å². The van der Waals surface area contributed by atoms with Crippen LogP contribution < -0.4 is 9.47 Å². The van der Waals surface area contributed by atoms with Crippen molar-refractivity contribution in [2.75, 3.05) is 6.79 Å². The molecule has 0 fully saturated rings. The molecule has 0 aliphatic carbocycles. The lowest BCUT2D eigenvalue weighted by Gasteiger charge is -2.40. The highest BCUT2D eigenvalue weighted by molar-refractivity contribution is 5.87. The molecule has 5 aromatic rings. The van der Waals surface area contributed by atoms with Crippen molar-refractivity contribution in [2.45, 2.75) is 25.0 Å². The minimum absolute atomic E-state index is 0.133. The number of hydrogen-bond donors (Lipinski definition) is 3. The van der Waals surface area contributed by atoms with Gasteiger partial charge in [-0.3, -0.25) is 9.69 Å². The van der Waals surface area contributed by atoms with E-state index in [0.717, 1.165) is 38.9 Å². The van der Waals surface area contributed by atoms with Gasteiger partial charge < -0.3 is 19.6 Å². The fourth-order valence-electron chi connectivity index (χ4n) is 5.57. The molecule has 7 rings (SSSR count). The first-order chi connectivity index (χ1) is 18.2. The van der Waals surface area contributed by atoms with Crippen LogP contribution in [0.15, 0.2) is 66.7 Å². The number of tetrazole rings is 1. The lowest BCUT2D eigenvalue weighted by molar-refractivity contribution is -0.144. The van der Waals surface area contributed by atoms with Gasteiger partial charge in [0.25, 0.3) is 0 Å². The molecule has 2 aliphatic heterocycles. The molecule has 2 aromatic heterocycles. The zero-order valence-corrected chi connectivity index (χ0v) is 19.6. The number of hydrogen-bond acceptors (Lipinski definition) is 7. The Kier molecular flexibility index (Phi) is 4.93. The molecular formula is C27H22N6O4. The van der Waals surface area contributed by atoms with Crippen LogP contribution in [-0.4, -0.2) is 54.4 Å². The molecule has 3 N–H and O–H groups in total. The van der Waals surface area contributed by atoms with Crippen LogP contribution in [0.2, 0.25) is 0 Å². The summed E-state index contributed by atoms with van der Waals surface area (Å²) in [5.41, 5.74) is 5.56. The number of aliphatic carboxylic acids is 1. The van der Waals surface area contributed by atoms with Gasteiger partial charge in [0.15, 0.2) is 11.5 Å². The molecular weight excluding hydrogens is 472 g/mol. The van der Waals surface area contributed by atoms with E-state index in [9.17, 15) is 9.90 Å². The van der Waals surface area contributed by atoms with E-state index in [0.29, 0.717) is 30.3 Å². The van der Waals surface area contributed by atoms with Gasteiger partial charge in [0.2, 0.25) is 12.6 Å². The highest BCUT2D eigenvalue weighted by Gasteiger charge is 2.42. The summed E-state index contributed by atoms with van der Waals surface area (Å²) in [6.07, 6.45) is 0.377. The molecule has 184 valence electrons. The van der Waals surface area contributed by atoms with Gasteiger partial charge in [-0.1, -0.05) is 48.5 Å². The second-order valence-electron chi connectivity index (χ2n) is 9.21. The van der Waals surface area contributed by atoms with Gasteiger partial charge in [0.1, 0.15) is 6.04 Å². The summed E-state index contributed by atoms with van der Waals surface area (Å²) < 4.78 is 11.6. The van der Waals surface area contributed by atoms with Gasteiger partial charge in [-0.15, -0.1) is 10.2 Å². The number of nitrogens with zero attached hydrogens (tertiary/aromatic N) is 4. The van der Waals surface area contributed by atoms with Crippen molar-refractivity contribution in [1.82, 2.24) is 30.5 Å². The topological polar surface area (TPSA) is 129 Å². The number of fused-ring (bicyclic) bond motifs is 4. The third-order valence-electron chi connectivity index (χ3n) is 7.15. The van der Waals surface area contributed by atoms with Crippen LogP contribution >= 0.6 is 0 Å². The van der Waals surface area contributed by atoms with Gasteiger partial charge in [-0.25, -0.2) is 0 Å². The molecule has 0 saturated heterocycles. The molecule has 0 amide bonds. The number of nitrogens with one attached hydrogen (secondary N) is 2. The average Bonchev–Trinajstić information content (AvgIpc) is 3.68. The Bertz CT molecular complexity index is 1630. The van der Waals surface area contributed by atoms with Crippen LogP contribution in [0.3, 0.4) is 0 Å². The summed E-state index contributed by atoms with van der Waals surface area (Å²) >= 11 is 0. The Labute approximate surface area is 210 Å². The van der Waals surface area contributed by atoms with Crippen molar-refractivity contribution >= 4 is 16.9 Å². The number of aromatic amines is 2. The number of ether oxygens (including phenoxy) is 2. The van der Waals surface area contributed by atoms with E-state index in [1.807, 2.05) is 71.6 Å². The quantitative estimate of drug-likeness (QED) is 0.338. The standard InChI is InChI=1S/C27H22N6O4/c34-27(35)21-12-19-17-7-1-2-9-20(17)28-23(19)24(18-8-4-10-22-25(18)37-14-36-22)33(21)13-15-5-3-6-16(11-15)26-29-31-32-30-26/h1-11,21,24,28H,12-14H2,(H,34,35)(H,29,30,31,32)/t21-,24+/m0/s1. The molecule has 10 nitrogen and oxygen atoms in total. The maximum atomic E-state index is 12.7. The summed E-state index contributed by atoms with van der Waals surface area (Å²) in [4.78, 5) is 18.4. The predicted octanol–water partition coefficient (Wildman–Crippen LogP) is 3.68. The summed E-state index contributed by atoms with van der Waals surface area (Å²) in [7, 11) is 0. The maximum absolute atomic E-state index is 12.7. The molecule has 37 heavy (non-hydrogen) atoms. The van der Waals surface area contributed by atoms with Gasteiger partial charge in [-0.05, 0) is 34.5 Å². The number of rotatable bonds is 5. The molecule has 3 aromatic carbocycles. The second-order valence-corrected chi connectivity index (χ2v) is 9.21. The van der Waals surface area contributed by atoms with Crippen molar-refractivity contribution in [3.63, 3.8) is 0 Å². The zero-order valence-electron chi connectivity index (χ0n) is 19.6. The number of aromatic nitrogens is 5. The molecule has 2 atom stereocenters. The number of carboxylic acids is 1. The Morgan fingerprint density at radius 3 is 2.84 bits per heavy atom. The van der Waals surface area contributed by atoms with E-state index in [-0.39, 0.29) is 6.79 Å². The molecule has 2 aliphatic rings. The second kappa shape index (κ2) is 8.45. The van der Waals surface area contributed by atoms with Crippen molar-refractivity contribution in [2.24, 2.45) is 0 Å². The third-order valence-corrected chi connectivity index (χ3v) is 7.15. The van der Waals surface area contributed by atoms with Crippen molar-refractivity contribution in [1.29, 1.82) is 0 Å². The van der Waals surface area contributed by atoms with Gasteiger partial charge in [-0.2, -0.15) is 5.21 Å². The van der Waals surface area contributed by atoms with E-state index < -0.39 is 18.1 Å². The molecule has 0 radical (unpaired) electrons. The lowest BCUT2D eigenvalue weighted by Crippen LogP contribution is -2.48. The van der Waals surface area contributed by atoms with Crippen LogP contribution in [0.4, 0.5) is 0 Å². The normalized spacial score (nSPS) is 18.7. The monoisotopic (exact) mass is 494 g/mol. The van der Waals surface area contributed by atoms with E-state index in [1.54, 1.807) is 0 Å². The molecule has 0 bridgehead atoms. The Morgan fingerprint density at radius 2 is 1.97 bits per heavy atom. The van der Waals surface area contributed by atoms with Gasteiger partial charge in [0, 0.05) is 40.7 Å². The number of benzene rings is 3. The zero-order chi connectivity index (χ0) is 24.9. The van der Waals surface area contributed by atoms with Crippen molar-refractivity contribution in [3.05, 3.63) is 89.1 Å². The summed E-state index contributed by atoms with van der Waals surface area (Å²) in [6.45, 7) is 0.514. The molecule has 0 unspecified atom stereocenters. The SMILES string of the molecule is O=C(O)[C@@H]1Cc2c([nH]c3ccccc23)[C@@H](c2cccc3c2OCO3)N1Cc1cccc(-c2nn[nH]n2)c1. The fourth-order valence-corrected chi connectivity index (χ4v) is 5.57. The predicted molar refractivity (Wildman–Crippen MR) is 133 cm³/mol. The fraction of sp³-hybridized carbons (Fsp3) is 0.185. The molecule has 4 heterocycles. The number of para-hydroxylation sites is 2. The summed E-state index contributed by atoms with van der Waals surface area (Å²) in [5, 5.41) is 25.8. The Hall–Kier alpha value is -4.70. The summed E-state index contributed by atoms with van der Waals surface area (Å²) in [5.74, 6) is 0.913. The van der Waals surface area contributed by atoms with E-state index >= 15 is 0 Å². The Morgan fingerprint density at radius 1 is 1.08 bits per heavy atom. The van der Waals surface area contributed by atoms with Crippen LogP contribution in [-0.2, 0) is 17.8 Å². The van der Waals surface area contributed by atoms with E-state index in [4.69, 9.17) is 9.47 Å². The highest BCUT2D eigenvalue weighted by Crippen LogP contribution is 2.47. The first kappa shape index (κ1) is 21.6. The minimum Gasteiger partial charge on any atom is -0.480 e. The molecule has 10 heteroatoms. The van der Waals surface area contributed by atoms with Crippen LogP contribution in [0.25, 0.3) is 22.3 Å². The average molecular weight is 495 g/mol. The Balaban J connectivity index is 1.40. The van der Waals surface area contributed by atoms with E-state index in [2.05, 4.69) is 25.6 Å². The smallest absolute Gasteiger partial charge is 0.321 e. The number of carboxylic acid groups (broad SMARTS) is 1. The number of H-pyrrole nitrogens is 2. The summed E-state index contributed by atoms with van der Waals surface area (Å²) in [6, 6.07) is 20.4. The van der Waals surface area contributed by atoms with Crippen LogP contribution in [0.1, 0.15) is 28.4 Å².